The lowest BCUT2D eigenvalue weighted by molar-refractivity contribution is -0.0514. The summed E-state index contributed by atoms with van der Waals surface area (Å²) in [6.45, 7) is -0.911. The predicted molar refractivity (Wildman–Crippen MR) is 93.8 cm³/mol. The van der Waals surface area contributed by atoms with E-state index < -0.39 is 6.61 Å². The van der Waals surface area contributed by atoms with Crippen LogP contribution in [0.4, 0.5) is 8.78 Å². The second kappa shape index (κ2) is 7.66. The molecule has 0 aliphatic heterocycles. The number of nitrogens with zero attached hydrogens (tertiary/aromatic N) is 2. The molecule has 26 heavy (non-hydrogen) atoms. The average Bonchev–Trinajstić information content (AvgIpc) is 3.05. The Kier molecular flexibility index (Phi) is 5.13. The van der Waals surface area contributed by atoms with E-state index in [9.17, 15) is 14.0 Å². The lowest BCUT2D eigenvalue weighted by Gasteiger charge is -2.11. The molecule has 2 aromatic carbocycles. The van der Waals surface area contributed by atoms with Crippen LogP contribution in [0.25, 0.3) is 22.7 Å². The molecule has 3 aromatic rings. The van der Waals surface area contributed by atoms with Crippen molar-refractivity contribution in [3.63, 3.8) is 0 Å². The van der Waals surface area contributed by atoms with Gasteiger partial charge in [0.05, 0.1) is 23.2 Å². The van der Waals surface area contributed by atoms with Crippen LogP contribution in [0, 0.1) is 11.3 Å². The average molecular weight is 355 g/mol. The van der Waals surface area contributed by atoms with Gasteiger partial charge in [-0.2, -0.15) is 14.0 Å². The van der Waals surface area contributed by atoms with Crippen molar-refractivity contribution in [3.8, 4) is 17.6 Å². The smallest absolute Gasteiger partial charge is 0.387 e. The van der Waals surface area contributed by atoms with E-state index in [0.717, 1.165) is 11.0 Å². The van der Waals surface area contributed by atoms with E-state index in [1.807, 2.05) is 24.3 Å². The fraction of sp³-hybridized carbons (Fsp3) is 0.158. The number of hydrogen-bond donors (Lipinski definition) is 1. The Morgan fingerprint density at radius 1 is 1.27 bits per heavy atom. The molecule has 0 spiro atoms. The Hall–Kier alpha value is -3.40. The van der Waals surface area contributed by atoms with Crippen LogP contribution in [0.15, 0.2) is 42.5 Å². The van der Waals surface area contributed by atoms with E-state index in [0.29, 0.717) is 23.6 Å². The van der Waals surface area contributed by atoms with Gasteiger partial charge in [-0.1, -0.05) is 18.2 Å². The number of H-pyrrole nitrogens is 1. The largest absolute Gasteiger partial charge is 0.490 e. The van der Waals surface area contributed by atoms with Crippen molar-refractivity contribution < 1.29 is 18.3 Å². The summed E-state index contributed by atoms with van der Waals surface area (Å²) in [6, 6.07) is 14.0. The van der Waals surface area contributed by atoms with Crippen LogP contribution in [0.2, 0.25) is 0 Å². The van der Waals surface area contributed by atoms with Gasteiger partial charge in [-0.25, -0.2) is 4.98 Å². The lowest BCUT2D eigenvalue weighted by Crippen LogP contribution is -2.04. The molecule has 0 atom stereocenters. The summed E-state index contributed by atoms with van der Waals surface area (Å²) in [6.07, 6.45) is 1.60. The Morgan fingerprint density at radius 3 is 2.77 bits per heavy atom. The SMILES string of the molecule is CCOc1cc(/C=C(\C#N)c2nc3ccccc3[nH]2)ccc1OC(F)F. The van der Waals surface area contributed by atoms with Gasteiger partial charge in [0, 0.05) is 0 Å². The van der Waals surface area contributed by atoms with E-state index in [1.165, 1.54) is 6.07 Å². The quantitative estimate of drug-likeness (QED) is 0.655. The number of fused-ring (bicyclic) bond motifs is 1. The molecule has 0 saturated carbocycles. The van der Waals surface area contributed by atoms with Crippen molar-refractivity contribution in [2.75, 3.05) is 6.61 Å². The number of rotatable bonds is 6. The molecule has 0 fully saturated rings. The lowest BCUT2D eigenvalue weighted by atomic mass is 10.1. The maximum atomic E-state index is 12.5. The van der Waals surface area contributed by atoms with Crippen molar-refractivity contribution >= 4 is 22.7 Å². The summed E-state index contributed by atoms with van der Waals surface area (Å²) >= 11 is 0. The highest BCUT2D eigenvalue weighted by atomic mass is 19.3. The van der Waals surface area contributed by atoms with Gasteiger partial charge in [-0.05, 0) is 42.8 Å². The van der Waals surface area contributed by atoms with Crippen molar-refractivity contribution in [3.05, 3.63) is 53.9 Å². The van der Waals surface area contributed by atoms with E-state index in [2.05, 4.69) is 20.8 Å². The van der Waals surface area contributed by atoms with Gasteiger partial charge in [0.1, 0.15) is 11.9 Å². The highest BCUT2D eigenvalue weighted by molar-refractivity contribution is 5.90. The first-order chi connectivity index (χ1) is 12.6. The van der Waals surface area contributed by atoms with Gasteiger partial charge in [0.2, 0.25) is 0 Å². The number of imidazole rings is 1. The molecule has 1 N–H and O–H groups in total. The molecule has 1 heterocycles. The molecule has 0 aliphatic rings. The first kappa shape index (κ1) is 17.4. The zero-order chi connectivity index (χ0) is 18.5. The third-order valence-electron chi connectivity index (χ3n) is 3.56. The minimum atomic E-state index is -2.94. The third-order valence-corrected chi connectivity index (χ3v) is 3.56. The van der Waals surface area contributed by atoms with E-state index in [-0.39, 0.29) is 11.5 Å². The summed E-state index contributed by atoms with van der Waals surface area (Å²) in [5.41, 5.74) is 2.48. The maximum absolute atomic E-state index is 12.5. The molecule has 0 saturated heterocycles. The Balaban J connectivity index is 1.98. The molecule has 5 nitrogen and oxygen atoms in total. The Bertz CT molecular complexity index is 957. The summed E-state index contributed by atoms with van der Waals surface area (Å²) in [5.74, 6) is 0.559. The minimum absolute atomic E-state index is 0.0544. The van der Waals surface area contributed by atoms with E-state index in [4.69, 9.17) is 4.74 Å². The monoisotopic (exact) mass is 355 g/mol. The molecule has 0 unspecified atom stereocenters. The summed E-state index contributed by atoms with van der Waals surface area (Å²) in [4.78, 5) is 7.48. The number of aromatic nitrogens is 2. The van der Waals surface area contributed by atoms with Crippen LogP contribution < -0.4 is 9.47 Å². The summed E-state index contributed by atoms with van der Waals surface area (Å²) in [7, 11) is 0. The van der Waals surface area contributed by atoms with Crippen LogP contribution in [-0.2, 0) is 0 Å². The second-order valence-corrected chi connectivity index (χ2v) is 5.29. The minimum Gasteiger partial charge on any atom is -0.490 e. The Labute approximate surface area is 148 Å². The number of nitriles is 1. The number of halogens is 2. The molecular formula is C19H15F2N3O2. The fourth-order valence-corrected chi connectivity index (χ4v) is 2.48. The molecule has 0 amide bonds. The number of aromatic amines is 1. The molecule has 1 aromatic heterocycles. The van der Waals surface area contributed by atoms with Crippen LogP contribution in [-0.4, -0.2) is 23.2 Å². The molecule has 132 valence electrons. The van der Waals surface area contributed by atoms with Gasteiger partial charge in [-0.3, -0.25) is 0 Å². The first-order valence-corrected chi connectivity index (χ1v) is 7.89. The van der Waals surface area contributed by atoms with Crippen molar-refractivity contribution in [1.29, 1.82) is 5.26 Å². The highest BCUT2D eigenvalue weighted by Gasteiger charge is 2.12. The Morgan fingerprint density at radius 2 is 2.08 bits per heavy atom. The van der Waals surface area contributed by atoms with Crippen LogP contribution >= 0.6 is 0 Å². The second-order valence-electron chi connectivity index (χ2n) is 5.29. The molecule has 0 aliphatic carbocycles. The maximum Gasteiger partial charge on any atom is 0.387 e. The number of benzene rings is 2. The molecule has 0 bridgehead atoms. The van der Waals surface area contributed by atoms with E-state index >= 15 is 0 Å². The molecular weight excluding hydrogens is 340 g/mol. The molecule has 7 heteroatoms. The van der Waals surface area contributed by atoms with Crippen LogP contribution in [0.1, 0.15) is 18.3 Å². The number of allylic oxidation sites excluding steroid dienone is 1. The predicted octanol–water partition coefficient (Wildman–Crippen LogP) is 4.63. The first-order valence-electron chi connectivity index (χ1n) is 7.89. The van der Waals surface area contributed by atoms with Crippen LogP contribution in [0.3, 0.4) is 0 Å². The zero-order valence-electron chi connectivity index (χ0n) is 13.9. The molecule has 3 rings (SSSR count). The topological polar surface area (TPSA) is 70.9 Å². The fourth-order valence-electron chi connectivity index (χ4n) is 2.48. The normalized spacial score (nSPS) is 11.6. The van der Waals surface area contributed by atoms with Crippen molar-refractivity contribution in [2.24, 2.45) is 0 Å². The molecule has 0 radical (unpaired) electrons. The number of nitrogens with one attached hydrogen (secondary N) is 1. The standard InChI is InChI=1S/C19H15F2N3O2/c1-2-25-17-10-12(7-8-16(17)26-19(20)21)9-13(11-22)18-23-14-5-3-4-6-15(14)24-18/h3-10,19H,2H2,1H3,(H,23,24)/b13-9+. The van der Waals surface area contributed by atoms with Gasteiger partial charge < -0.3 is 14.5 Å². The number of ether oxygens (including phenoxy) is 2. The van der Waals surface area contributed by atoms with Crippen molar-refractivity contribution in [2.45, 2.75) is 13.5 Å². The van der Waals surface area contributed by atoms with Crippen molar-refractivity contribution in [1.82, 2.24) is 9.97 Å². The number of hydrogen-bond acceptors (Lipinski definition) is 4. The zero-order valence-corrected chi connectivity index (χ0v) is 13.9. The van der Waals surface area contributed by atoms with Gasteiger partial charge in [0.15, 0.2) is 11.5 Å². The van der Waals surface area contributed by atoms with Crippen LogP contribution in [0.5, 0.6) is 11.5 Å². The van der Waals surface area contributed by atoms with Gasteiger partial charge in [0.25, 0.3) is 0 Å². The van der Waals surface area contributed by atoms with Gasteiger partial charge >= 0.3 is 6.61 Å². The van der Waals surface area contributed by atoms with E-state index in [1.54, 1.807) is 25.1 Å². The third kappa shape index (κ3) is 3.81. The highest BCUT2D eigenvalue weighted by Crippen LogP contribution is 2.31. The number of alkyl halides is 2. The van der Waals surface area contributed by atoms with Gasteiger partial charge in [-0.15, -0.1) is 0 Å². The number of para-hydroxylation sites is 2. The summed E-state index contributed by atoms with van der Waals surface area (Å²) in [5, 5.41) is 9.48. The summed E-state index contributed by atoms with van der Waals surface area (Å²) < 4.78 is 34.8.